The smallest absolute Gasteiger partial charge is 0.242 e. The predicted octanol–water partition coefficient (Wildman–Crippen LogP) is 5.06. The highest BCUT2D eigenvalue weighted by Gasteiger charge is 2.33. The Balaban J connectivity index is 1.74. The van der Waals surface area contributed by atoms with Gasteiger partial charge >= 0.3 is 0 Å². The topological polar surface area (TPSA) is 49.9 Å². The van der Waals surface area contributed by atoms with Crippen LogP contribution in [0.2, 0.25) is 0 Å². The number of ether oxygens (including phenoxy) is 1. The maximum absolute atomic E-state index is 13.5. The van der Waals surface area contributed by atoms with E-state index in [0.29, 0.717) is 26.1 Å². The second kappa shape index (κ2) is 12.8. The van der Waals surface area contributed by atoms with Gasteiger partial charge in [-0.3, -0.25) is 9.59 Å². The summed E-state index contributed by atoms with van der Waals surface area (Å²) in [5.74, 6) is 0.102. The molecular weight excluding hydrogens is 420 g/mol. The molecule has 2 heterocycles. The molecule has 32 heavy (non-hydrogen) atoms. The van der Waals surface area contributed by atoms with Crippen molar-refractivity contribution >= 4 is 23.2 Å². The Morgan fingerprint density at radius 1 is 1.12 bits per heavy atom. The average molecular weight is 457 g/mol. The van der Waals surface area contributed by atoms with Gasteiger partial charge in [0.05, 0.1) is 12.6 Å². The van der Waals surface area contributed by atoms with Crippen molar-refractivity contribution in [2.45, 2.75) is 57.9 Å². The van der Waals surface area contributed by atoms with Crippen LogP contribution in [-0.4, -0.2) is 55.0 Å². The van der Waals surface area contributed by atoms with E-state index in [4.69, 9.17) is 4.74 Å². The van der Waals surface area contributed by atoms with Crippen molar-refractivity contribution in [3.8, 4) is 0 Å². The third-order valence-electron chi connectivity index (χ3n) is 6.10. The molecule has 6 heteroatoms. The molecule has 0 fully saturated rings. The van der Waals surface area contributed by atoms with E-state index in [1.807, 2.05) is 23.1 Å². The van der Waals surface area contributed by atoms with E-state index in [2.05, 4.69) is 30.5 Å². The molecule has 1 atom stereocenters. The summed E-state index contributed by atoms with van der Waals surface area (Å²) >= 11 is 1.77. The monoisotopic (exact) mass is 456 g/mol. The molecule has 1 aromatic carbocycles. The van der Waals surface area contributed by atoms with Crippen LogP contribution in [-0.2, 0) is 20.7 Å². The fourth-order valence-electron chi connectivity index (χ4n) is 4.39. The van der Waals surface area contributed by atoms with Crippen LogP contribution in [0, 0.1) is 0 Å². The Morgan fingerprint density at radius 3 is 2.69 bits per heavy atom. The molecular formula is C26H36N2O3S. The predicted molar refractivity (Wildman–Crippen MR) is 130 cm³/mol. The third kappa shape index (κ3) is 6.42. The molecule has 1 aliphatic heterocycles. The van der Waals surface area contributed by atoms with Gasteiger partial charge in [-0.25, -0.2) is 0 Å². The molecule has 5 nitrogen and oxygen atoms in total. The second-order valence-electron chi connectivity index (χ2n) is 8.42. The number of hydrogen-bond acceptors (Lipinski definition) is 4. The molecule has 2 amide bonds. The Kier molecular flexibility index (Phi) is 9.75. The highest BCUT2D eigenvalue weighted by molar-refractivity contribution is 7.10. The summed E-state index contributed by atoms with van der Waals surface area (Å²) in [6, 6.07) is 12.3. The Bertz CT molecular complexity index is 852. The number of nitrogens with zero attached hydrogens (tertiary/aromatic N) is 2. The quantitative estimate of drug-likeness (QED) is 0.420. The summed E-state index contributed by atoms with van der Waals surface area (Å²) in [6.07, 6.45) is 6.35. The molecule has 1 aliphatic rings. The van der Waals surface area contributed by atoms with Crippen LogP contribution >= 0.6 is 11.3 Å². The normalized spacial score (nSPS) is 15.4. The summed E-state index contributed by atoms with van der Waals surface area (Å²) in [6.45, 7) is 4.13. The fourth-order valence-corrected chi connectivity index (χ4v) is 5.29. The standard InChI is InChI=1S/C26H36N2O3S/c1-3-4-5-9-13-24(29)27(16-10-18-31-2)20-25(30)28-17-14-23-22(15-19-32-23)26(28)21-11-7-6-8-12-21/h6-8,11-12,15,19,26H,3-5,9-10,13-14,16-18,20H2,1-2H3. The minimum atomic E-state index is -0.0841. The van der Waals surface area contributed by atoms with Crippen LogP contribution in [0.1, 0.15) is 67.5 Å². The number of rotatable bonds is 12. The highest BCUT2D eigenvalue weighted by atomic mass is 32.1. The largest absolute Gasteiger partial charge is 0.385 e. The van der Waals surface area contributed by atoms with Gasteiger partial charge in [0.2, 0.25) is 11.8 Å². The molecule has 0 saturated heterocycles. The number of carbonyl (C=O) groups is 2. The minimum Gasteiger partial charge on any atom is -0.385 e. The van der Waals surface area contributed by atoms with Crippen LogP contribution in [0.25, 0.3) is 0 Å². The summed E-state index contributed by atoms with van der Waals surface area (Å²) < 4.78 is 5.18. The number of unbranched alkanes of at least 4 members (excludes halogenated alkanes) is 3. The third-order valence-corrected chi connectivity index (χ3v) is 7.10. The van der Waals surface area contributed by atoms with Crippen LogP contribution in [0.5, 0.6) is 0 Å². The first-order valence-electron chi connectivity index (χ1n) is 11.8. The van der Waals surface area contributed by atoms with Gasteiger partial charge in [0, 0.05) is 38.1 Å². The first kappa shape index (κ1) is 24.5. The summed E-state index contributed by atoms with van der Waals surface area (Å²) in [7, 11) is 1.67. The Morgan fingerprint density at radius 2 is 1.94 bits per heavy atom. The Labute approximate surface area is 196 Å². The van der Waals surface area contributed by atoms with Crippen molar-refractivity contribution < 1.29 is 14.3 Å². The van der Waals surface area contributed by atoms with Crippen molar-refractivity contribution in [1.82, 2.24) is 9.80 Å². The summed E-state index contributed by atoms with van der Waals surface area (Å²) in [5.41, 5.74) is 2.34. The van der Waals surface area contributed by atoms with Crippen molar-refractivity contribution in [3.63, 3.8) is 0 Å². The zero-order valence-electron chi connectivity index (χ0n) is 19.4. The lowest BCUT2D eigenvalue weighted by Gasteiger charge is -2.37. The summed E-state index contributed by atoms with van der Waals surface area (Å²) in [4.78, 5) is 31.6. The second-order valence-corrected chi connectivity index (χ2v) is 9.42. The van der Waals surface area contributed by atoms with Crippen molar-refractivity contribution in [3.05, 3.63) is 57.8 Å². The molecule has 2 aromatic rings. The average Bonchev–Trinajstić information content (AvgIpc) is 3.30. The van der Waals surface area contributed by atoms with E-state index in [0.717, 1.165) is 44.1 Å². The maximum atomic E-state index is 13.5. The van der Waals surface area contributed by atoms with E-state index >= 15 is 0 Å². The molecule has 0 radical (unpaired) electrons. The van der Waals surface area contributed by atoms with Crippen LogP contribution in [0.4, 0.5) is 0 Å². The van der Waals surface area contributed by atoms with Crippen molar-refractivity contribution in [2.24, 2.45) is 0 Å². The number of thiophene rings is 1. The molecule has 0 saturated carbocycles. The SMILES string of the molecule is CCCCCCC(=O)N(CCCOC)CC(=O)N1CCc2sccc2C1c1ccccc1. The van der Waals surface area contributed by atoms with Crippen LogP contribution < -0.4 is 0 Å². The van der Waals surface area contributed by atoms with Gasteiger partial charge in [0.15, 0.2) is 0 Å². The van der Waals surface area contributed by atoms with Crippen molar-refractivity contribution in [1.29, 1.82) is 0 Å². The van der Waals surface area contributed by atoms with E-state index in [-0.39, 0.29) is 24.4 Å². The number of amides is 2. The number of hydrogen-bond donors (Lipinski definition) is 0. The van der Waals surface area contributed by atoms with Gasteiger partial charge in [-0.1, -0.05) is 56.5 Å². The fraction of sp³-hybridized carbons (Fsp3) is 0.538. The van der Waals surface area contributed by atoms with Gasteiger partial charge in [0.25, 0.3) is 0 Å². The first-order chi connectivity index (χ1) is 15.7. The van der Waals surface area contributed by atoms with Crippen LogP contribution in [0.15, 0.2) is 41.8 Å². The lowest BCUT2D eigenvalue weighted by molar-refractivity contribution is -0.142. The molecule has 0 bridgehead atoms. The molecule has 1 aromatic heterocycles. The zero-order chi connectivity index (χ0) is 22.8. The van der Waals surface area contributed by atoms with E-state index in [1.54, 1.807) is 23.3 Å². The van der Waals surface area contributed by atoms with Gasteiger partial charge in [-0.05, 0) is 41.8 Å². The number of carbonyl (C=O) groups excluding carboxylic acids is 2. The van der Waals surface area contributed by atoms with E-state index in [1.165, 1.54) is 10.4 Å². The molecule has 0 N–H and O–H groups in total. The van der Waals surface area contributed by atoms with E-state index in [9.17, 15) is 9.59 Å². The molecule has 0 spiro atoms. The number of methoxy groups -OCH3 is 1. The minimum absolute atomic E-state index is 0.0232. The highest BCUT2D eigenvalue weighted by Crippen LogP contribution is 2.37. The Hall–Kier alpha value is -2.18. The van der Waals surface area contributed by atoms with Gasteiger partial charge in [0.1, 0.15) is 0 Å². The van der Waals surface area contributed by atoms with Crippen molar-refractivity contribution in [2.75, 3.05) is 33.4 Å². The summed E-state index contributed by atoms with van der Waals surface area (Å²) in [5, 5.41) is 2.12. The van der Waals surface area contributed by atoms with Crippen LogP contribution in [0.3, 0.4) is 0 Å². The molecule has 0 aliphatic carbocycles. The van der Waals surface area contributed by atoms with Gasteiger partial charge in [-0.15, -0.1) is 11.3 Å². The number of benzene rings is 1. The number of fused-ring (bicyclic) bond motifs is 1. The lowest BCUT2D eigenvalue weighted by atomic mass is 9.93. The zero-order valence-corrected chi connectivity index (χ0v) is 20.2. The first-order valence-corrected chi connectivity index (χ1v) is 12.7. The maximum Gasteiger partial charge on any atom is 0.242 e. The molecule has 3 rings (SSSR count). The van der Waals surface area contributed by atoms with E-state index < -0.39 is 0 Å². The molecule has 174 valence electrons. The van der Waals surface area contributed by atoms with Gasteiger partial charge in [-0.2, -0.15) is 0 Å². The van der Waals surface area contributed by atoms with Gasteiger partial charge < -0.3 is 14.5 Å². The molecule has 1 unspecified atom stereocenters. The lowest BCUT2D eigenvalue weighted by Crippen LogP contribution is -2.47.